The molecular weight excluding hydrogens is 1010 g/mol. The molecule has 0 spiro atoms. The standard InChI is InChI=1S/C72H123NO8/c1-6-8-10-12-14-16-18-20-22-24-26-28-29-30-31-32-33-34-35-36-37-38-39-40-41-43-45-47-49-51-53-55-57-59-61-63-70(75)81-68(67-80-72(71(76)77)78-65-64-73(3,4)5)66-79-69(74)62-60-58-56-54-52-50-48-46-44-42-27-25-23-21-19-17-15-13-11-9-7-2/h8,10,14,16,20,22,26,28,30-31,33-34,36-37,39-40,43,45,68,72H,6-7,9,11-13,15,17-19,21,23-25,27,29,32,35,38,41-42,44,46-67H2,1-5H3/p+1/b10-8-,16-14-,22-20-,28-26-,31-30-,34-33-,37-36-,40-39-,45-43-. The number of ether oxygens (including phenoxy) is 4. The van der Waals surface area contributed by atoms with Crippen molar-refractivity contribution in [2.45, 2.75) is 283 Å². The summed E-state index contributed by atoms with van der Waals surface area (Å²) in [7, 11) is 5.97. The predicted octanol–water partition coefficient (Wildman–Crippen LogP) is 20.2. The number of carboxylic acids is 1. The first-order valence-corrected chi connectivity index (χ1v) is 33.1. The zero-order valence-corrected chi connectivity index (χ0v) is 52.9. The Kier molecular flexibility index (Phi) is 58.9. The van der Waals surface area contributed by atoms with E-state index in [0.29, 0.717) is 23.9 Å². The van der Waals surface area contributed by atoms with Crippen LogP contribution in [0.25, 0.3) is 0 Å². The fourth-order valence-corrected chi connectivity index (χ4v) is 9.01. The number of esters is 2. The highest BCUT2D eigenvalue weighted by atomic mass is 16.7. The molecule has 0 saturated carbocycles. The van der Waals surface area contributed by atoms with Gasteiger partial charge in [0.2, 0.25) is 0 Å². The molecule has 0 rings (SSSR count). The van der Waals surface area contributed by atoms with Gasteiger partial charge in [-0.05, 0) is 83.5 Å². The molecule has 2 unspecified atom stereocenters. The van der Waals surface area contributed by atoms with Gasteiger partial charge in [-0.25, -0.2) is 4.79 Å². The molecule has 0 saturated heterocycles. The van der Waals surface area contributed by atoms with Gasteiger partial charge in [-0.3, -0.25) is 9.59 Å². The van der Waals surface area contributed by atoms with Crippen molar-refractivity contribution in [3.8, 4) is 0 Å². The Morgan fingerprint density at radius 2 is 0.704 bits per heavy atom. The number of unbranched alkanes of at least 4 members (excludes halogenated alkanes) is 27. The van der Waals surface area contributed by atoms with Gasteiger partial charge in [-0.15, -0.1) is 0 Å². The van der Waals surface area contributed by atoms with Crippen LogP contribution in [0.2, 0.25) is 0 Å². The van der Waals surface area contributed by atoms with Gasteiger partial charge >= 0.3 is 17.9 Å². The normalized spacial score (nSPS) is 13.4. The van der Waals surface area contributed by atoms with Crippen LogP contribution in [0.3, 0.4) is 0 Å². The Balaban J connectivity index is 4.21. The summed E-state index contributed by atoms with van der Waals surface area (Å²) in [5.74, 6) is -2.02. The van der Waals surface area contributed by atoms with Crippen LogP contribution in [-0.4, -0.2) is 87.4 Å². The molecule has 0 aliphatic heterocycles. The van der Waals surface area contributed by atoms with E-state index in [-0.39, 0.29) is 32.2 Å². The maximum Gasteiger partial charge on any atom is 0.361 e. The van der Waals surface area contributed by atoms with E-state index in [2.05, 4.69) is 123 Å². The van der Waals surface area contributed by atoms with E-state index in [1.165, 1.54) is 135 Å². The fourth-order valence-electron chi connectivity index (χ4n) is 9.01. The number of hydrogen-bond donors (Lipinski definition) is 1. The molecule has 81 heavy (non-hydrogen) atoms. The number of aliphatic carboxylic acids is 1. The summed E-state index contributed by atoms with van der Waals surface area (Å²) >= 11 is 0. The van der Waals surface area contributed by atoms with Crippen LogP contribution in [0.15, 0.2) is 109 Å². The Hall–Kier alpha value is -4.05. The third-order valence-corrected chi connectivity index (χ3v) is 14.0. The Morgan fingerprint density at radius 3 is 1.05 bits per heavy atom. The molecule has 0 aliphatic carbocycles. The lowest BCUT2D eigenvalue weighted by Gasteiger charge is -2.25. The second kappa shape index (κ2) is 62.0. The molecule has 9 heteroatoms. The highest BCUT2D eigenvalue weighted by Crippen LogP contribution is 2.17. The van der Waals surface area contributed by atoms with Gasteiger partial charge in [-0.1, -0.05) is 284 Å². The molecule has 1 N–H and O–H groups in total. The molecule has 0 fully saturated rings. The van der Waals surface area contributed by atoms with E-state index in [0.717, 1.165) is 103 Å². The summed E-state index contributed by atoms with van der Waals surface area (Å²) in [6.45, 7) is 4.77. The SMILES string of the molecule is CC/C=C\C/C=C\C/C=C\C/C=C\C/C=C\C/C=C\C/C=C\C/C=C\C/C=C\CCCCCCCCCC(=O)OC(COC(=O)CCCCCCCCCCCCCCCCCCCCCCC)COC(OCC[N+](C)(C)C)C(=O)O. The smallest absolute Gasteiger partial charge is 0.361 e. The fraction of sp³-hybridized carbons (Fsp3) is 0.708. The van der Waals surface area contributed by atoms with Crippen LogP contribution in [0.4, 0.5) is 0 Å². The quantitative estimate of drug-likeness (QED) is 0.0211. The molecule has 0 radical (unpaired) electrons. The van der Waals surface area contributed by atoms with Crippen LogP contribution >= 0.6 is 0 Å². The van der Waals surface area contributed by atoms with Gasteiger partial charge in [0, 0.05) is 12.8 Å². The third-order valence-electron chi connectivity index (χ3n) is 14.0. The number of likely N-dealkylation sites (N-methyl/N-ethyl adjacent to an activating group) is 1. The molecule has 9 nitrogen and oxygen atoms in total. The van der Waals surface area contributed by atoms with Crippen molar-refractivity contribution in [1.82, 2.24) is 0 Å². The number of hydrogen-bond acceptors (Lipinski definition) is 7. The molecule has 464 valence electrons. The topological polar surface area (TPSA) is 108 Å². The lowest BCUT2D eigenvalue weighted by molar-refractivity contribution is -0.870. The highest BCUT2D eigenvalue weighted by molar-refractivity contribution is 5.71. The van der Waals surface area contributed by atoms with Crippen molar-refractivity contribution >= 4 is 17.9 Å². The minimum absolute atomic E-state index is 0.182. The minimum Gasteiger partial charge on any atom is -0.477 e. The van der Waals surface area contributed by atoms with Crippen LogP contribution in [0.1, 0.15) is 271 Å². The van der Waals surface area contributed by atoms with Crippen molar-refractivity contribution in [3.05, 3.63) is 109 Å². The van der Waals surface area contributed by atoms with E-state index in [9.17, 15) is 19.5 Å². The number of nitrogens with zero attached hydrogens (tertiary/aromatic N) is 1. The molecule has 0 aromatic carbocycles. The van der Waals surface area contributed by atoms with E-state index in [1.807, 2.05) is 21.1 Å². The van der Waals surface area contributed by atoms with Crippen LogP contribution in [0.5, 0.6) is 0 Å². The minimum atomic E-state index is -1.52. The van der Waals surface area contributed by atoms with Gasteiger partial charge in [0.15, 0.2) is 6.10 Å². The maximum atomic E-state index is 12.9. The number of allylic oxidation sites excluding steroid dienone is 18. The molecular formula is C72H124NO8+. The zero-order chi connectivity index (χ0) is 59.1. The van der Waals surface area contributed by atoms with Gasteiger partial charge in [-0.2, -0.15) is 0 Å². The summed E-state index contributed by atoms with van der Waals surface area (Å²) in [6, 6.07) is 0. The molecule has 0 aliphatic rings. The number of carbonyl (C=O) groups is 3. The number of quaternary nitrogens is 1. The molecule has 0 aromatic heterocycles. The average molecular weight is 1130 g/mol. The third kappa shape index (κ3) is 63.4. The second-order valence-corrected chi connectivity index (χ2v) is 23.1. The Labute approximate surface area is 498 Å². The molecule has 0 bridgehead atoms. The monoisotopic (exact) mass is 1130 g/mol. The van der Waals surface area contributed by atoms with E-state index >= 15 is 0 Å². The average Bonchev–Trinajstić information content (AvgIpc) is 3.44. The number of carbonyl (C=O) groups excluding carboxylic acids is 2. The first-order valence-electron chi connectivity index (χ1n) is 33.1. The largest absolute Gasteiger partial charge is 0.477 e. The van der Waals surface area contributed by atoms with E-state index < -0.39 is 24.3 Å². The first-order chi connectivity index (χ1) is 39.6. The summed E-state index contributed by atoms with van der Waals surface area (Å²) in [6.07, 6.45) is 83.2. The van der Waals surface area contributed by atoms with Crippen LogP contribution in [0, 0.1) is 0 Å². The van der Waals surface area contributed by atoms with Crippen molar-refractivity contribution < 1.29 is 42.9 Å². The number of carboxylic acid groups (broad SMARTS) is 1. The van der Waals surface area contributed by atoms with Crippen LogP contribution in [-0.2, 0) is 33.3 Å². The van der Waals surface area contributed by atoms with Gasteiger partial charge in [0.25, 0.3) is 6.29 Å². The lowest BCUT2D eigenvalue weighted by atomic mass is 10.0. The van der Waals surface area contributed by atoms with Gasteiger partial charge in [0.1, 0.15) is 13.2 Å². The van der Waals surface area contributed by atoms with E-state index in [4.69, 9.17) is 18.9 Å². The molecule has 2 atom stereocenters. The van der Waals surface area contributed by atoms with Crippen LogP contribution < -0.4 is 0 Å². The zero-order valence-electron chi connectivity index (χ0n) is 52.9. The van der Waals surface area contributed by atoms with Gasteiger partial charge in [0.05, 0.1) is 34.4 Å². The summed E-state index contributed by atoms with van der Waals surface area (Å²) in [5, 5.41) is 9.73. The molecule has 0 amide bonds. The summed E-state index contributed by atoms with van der Waals surface area (Å²) < 4.78 is 22.9. The van der Waals surface area contributed by atoms with Crippen molar-refractivity contribution in [2.75, 3.05) is 47.5 Å². The Bertz CT molecular complexity index is 1700. The highest BCUT2D eigenvalue weighted by Gasteiger charge is 2.25. The van der Waals surface area contributed by atoms with Crippen molar-refractivity contribution in [2.24, 2.45) is 0 Å². The van der Waals surface area contributed by atoms with Crippen molar-refractivity contribution in [3.63, 3.8) is 0 Å². The molecule has 0 heterocycles. The first kappa shape index (κ1) is 77.0. The lowest BCUT2D eigenvalue weighted by Crippen LogP contribution is -2.40. The maximum absolute atomic E-state index is 12.9. The summed E-state index contributed by atoms with van der Waals surface area (Å²) in [4.78, 5) is 37.5. The Morgan fingerprint density at radius 1 is 0.383 bits per heavy atom. The number of rotatable bonds is 60. The van der Waals surface area contributed by atoms with Gasteiger partial charge < -0.3 is 28.5 Å². The second-order valence-electron chi connectivity index (χ2n) is 23.1. The van der Waals surface area contributed by atoms with Crippen molar-refractivity contribution in [1.29, 1.82) is 0 Å². The molecule has 0 aromatic rings. The summed E-state index contributed by atoms with van der Waals surface area (Å²) in [5.41, 5.74) is 0. The predicted molar refractivity (Wildman–Crippen MR) is 345 cm³/mol. The van der Waals surface area contributed by atoms with E-state index in [1.54, 1.807) is 0 Å².